The molecule has 0 spiro atoms. The number of benzene rings is 2. The molecule has 0 aromatic heterocycles. The number of nitro groups is 1. The number of hydrogen-bond acceptors (Lipinski definition) is 4. The topological polar surface area (TPSA) is 69.4 Å². The molecule has 1 atom stereocenters. The maximum atomic E-state index is 12.4. The second-order valence-corrected chi connectivity index (χ2v) is 6.41. The van der Waals surface area contributed by atoms with Crippen LogP contribution < -0.4 is 9.83 Å². The Hall–Kier alpha value is -2.13. The van der Waals surface area contributed by atoms with Gasteiger partial charge in [-0.25, -0.2) is 0 Å². The molecule has 0 heterocycles. The zero-order valence-electron chi connectivity index (χ0n) is 10.2. The summed E-state index contributed by atoms with van der Waals surface area (Å²) in [5, 5.41) is 11.1. The van der Waals surface area contributed by atoms with E-state index in [4.69, 9.17) is 4.52 Å². The van der Waals surface area contributed by atoms with E-state index in [0.29, 0.717) is 11.1 Å². The molecule has 0 unspecified atom stereocenters. The summed E-state index contributed by atoms with van der Waals surface area (Å²) in [6.07, 6.45) is 0. The van der Waals surface area contributed by atoms with Gasteiger partial charge in [0.2, 0.25) is 0 Å². The first-order chi connectivity index (χ1) is 8.99. The summed E-state index contributed by atoms with van der Waals surface area (Å²) in [5.41, 5.74) is -0.0296. The average Bonchev–Trinajstić information content (AvgIpc) is 2.40. The van der Waals surface area contributed by atoms with Gasteiger partial charge in [0, 0.05) is 24.1 Å². The van der Waals surface area contributed by atoms with Crippen LogP contribution in [-0.4, -0.2) is 11.6 Å². The summed E-state index contributed by atoms with van der Waals surface area (Å²) in [5.74, 6) is 0.347. The van der Waals surface area contributed by atoms with Crippen LogP contribution in [0.3, 0.4) is 0 Å². The lowest BCUT2D eigenvalue weighted by Crippen LogP contribution is -2.07. The molecule has 0 saturated carbocycles. The highest BCUT2D eigenvalue weighted by atomic mass is 31.2. The molecule has 0 aliphatic heterocycles. The highest BCUT2D eigenvalue weighted by Gasteiger charge is 2.20. The van der Waals surface area contributed by atoms with Gasteiger partial charge in [-0.05, 0) is 24.3 Å². The molecule has 0 aliphatic carbocycles. The van der Waals surface area contributed by atoms with Crippen LogP contribution in [0.15, 0.2) is 54.6 Å². The molecule has 0 bridgehead atoms. The van der Waals surface area contributed by atoms with Crippen LogP contribution in [0.1, 0.15) is 0 Å². The molecule has 6 heteroatoms. The van der Waals surface area contributed by atoms with Crippen LogP contribution in [0.4, 0.5) is 5.69 Å². The maximum absolute atomic E-state index is 12.4. The Bertz CT molecular complexity index is 625. The van der Waals surface area contributed by atoms with Gasteiger partial charge in [0.25, 0.3) is 13.1 Å². The fourth-order valence-electron chi connectivity index (χ4n) is 1.58. The Morgan fingerprint density at radius 1 is 1.05 bits per heavy atom. The quantitative estimate of drug-likeness (QED) is 0.489. The third kappa shape index (κ3) is 3.20. The van der Waals surface area contributed by atoms with Crippen molar-refractivity contribution in [1.29, 1.82) is 0 Å². The molecule has 0 aliphatic rings. The molecule has 0 radical (unpaired) electrons. The van der Waals surface area contributed by atoms with Crippen LogP contribution in [-0.2, 0) is 4.57 Å². The van der Waals surface area contributed by atoms with E-state index in [1.807, 2.05) is 6.07 Å². The number of hydrogen-bond donors (Lipinski definition) is 0. The number of non-ortho nitro benzene ring substituents is 1. The monoisotopic (exact) mass is 277 g/mol. The molecule has 0 N–H and O–H groups in total. The standard InChI is InChI=1S/C13H12NO4P/c1-19(17,13-5-3-2-4-6-13)18-12-9-7-11(8-10-12)14(15)16/h2-10H,1H3/t19-/m1/s1. The van der Waals surface area contributed by atoms with Gasteiger partial charge in [-0.15, -0.1) is 0 Å². The Kier molecular flexibility index (Phi) is 3.67. The van der Waals surface area contributed by atoms with Crippen LogP contribution in [0.25, 0.3) is 0 Å². The third-order valence-corrected chi connectivity index (χ3v) is 4.35. The molecule has 2 rings (SSSR count). The Morgan fingerprint density at radius 3 is 2.16 bits per heavy atom. The van der Waals surface area contributed by atoms with E-state index in [1.54, 1.807) is 24.3 Å². The van der Waals surface area contributed by atoms with Crippen LogP contribution in [0, 0.1) is 10.1 Å². The SMILES string of the molecule is C[P@@](=O)(Oc1ccc([N+](=O)[O-])cc1)c1ccccc1. The zero-order valence-corrected chi connectivity index (χ0v) is 11.1. The molecule has 19 heavy (non-hydrogen) atoms. The average molecular weight is 277 g/mol. The van der Waals surface area contributed by atoms with Crippen molar-refractivity contribution in [3.05, 3.63) is 64.7 Å². The fraction of sp³-hybridized carbons (Fsp3) is 0.0769. The number of nitrogens with zero attached hydrogens (tertiary/aromatic N) is 1. The molecule has 0 fully saturated rings. The van der Waals surface area contributed by atoms with Crippen molar-refractivity contribution < 1.29 is 14.0 Å². The molecular formula is C13H12NO4P. The molecule has 98 valence electrons. The van der Waals surface area contributed by atoms with E-state index in [0.717, 1.165) is 0 Å². The summed E-state index contributed by atoms with van der Waals surface area (Å²) in [7, 11) is -2.98. The fourth-order valence-corrected chi connectivity index (χ4v) is 2.92. The first-order valence-corrected chi connectivity index (χ1v) is 7.63. The maximum Gasteiger partial charge on any atom is 0.274 e. The molecule has 2 aromatic rings. The van der Waals surface area contributed by atoms with Crippen LogP contribution >= 0.6 is 7.37 Å². The van der Waals surface area contributed by atoms with Crippen molar-refractivity contribution in [2.75, 3.05) is 6.66 Å². The minimum absolute atomic E-state index is 0.0296. The Labute approximate surface area is 110 Å². The van der Waals surface area contributed by atoms with Crippen molar-refractivity contribution in [3.8, 4) is 5.75 Å². The molecular weight excluding hydrogens is 265 g/mol. The highest BCUT2D eigenvalue weighted by Crippen LogP contribution is 2.42. The lowest BCUT2D eigenvalue weighted by Gasteiger charge is -2.15. The van der Waals surface area contributed by atoms with Crippen molar-refractivity contribution in [1.82, 2.24) is 0 Å². The van der Waals surface area contributed by atoms with Gasteiger partial charge < -0.3 is 4.52 Å². The first-order valence-electron chi connectivity index (χ1n) is 5.56. The smallest absolute Gasteiger partial charge is 0.274 e. The summed E-state index contributed by atoms with van der Waals surface area (Å²) < 4.78 is 17.9. The minimum Gasteiger partial charge on any atom is -0.440 e. The van der Waals surface area contributed by atoms with Crippen molar-refractivity contribution in [2.24, 2.45) is 0 Å². The summed E-state index contributed by atoms with van der Waals surface area (Å²) in [4.78, 5) is 10.0. The lowest BCUT2D eigenvalue weighted by molar-refractivity contribution is -0.384. The van der Waals surface area contributed by atoms with E-state index in [1.165, 1.54) is 30.9 Å². The van der Waals surface area contributed by atoms with E-state index in [-0.39, 0.29) is 5.69 Å². The van der Waals surface area contributed by atoms with Gasteiger partial charge in [-0.3, -0.25) is 14.7 Å². The van der Waals surface area contributed by atoms with Crippen LogP contribution in [0.2, 0.25) is 0 Å². The molecule has 0 amide bonds. The van der Waals surface area contributed by atoms with Crippen molar-refractivity contribution in [2.45, 2.75) is 0 Å². The van der Waals surface area contributed by atoms with E-state index in [2.05, 4.69) is 0 Å². The lowest BCUT2D eigenvalue weighted by atomic mass is 10.3. The first kappa shape index (κ1) is 13.3. The second kappa shape index (κ2) is 5.24. The molecule has 5 nitrogen and oxygen atoms in total. The molecule has 0 saturated heterocycles. The third-order valence-electron chi connectivity index (χ3n) is 2.55. The van der Waals surface area contributed by atoms with Crippen molar-refractivity contribution >= 4 is 18.4 Å². The van der Waals surface area contributed by atoms with Gasteiger partial charge in [-0.1, -0.05) is 18.2 Å². The van der Waals surface area contributed by atoms with E-state index >= 15 is 0 Å². The molecule has 2 aromatic carbocycles. The van der Waals surface area contributed by atoms with Gasteiger partial charge in [0.1, 0.15) is 5.75 Å². The largest absolute Gasteiger partial charge is 0.440 e. The predicted molar refractivity (Wildman–Crippen MR) is 73.3 cm³/mol. The van der Waals surface area contributed by atoms with Crippen molar-refractivity contribution in [3.63, 3.8) is 0 Å². The summed E-state index contributed by atoms with van der Waals surface area (Å²) in [6.45, 7) is 1.52. The second-order valence-electron chi connectivity index (χ2n) is 4.02. The van der Waals surface area contributed by atoms with Gasteiger partial charge in [0.15, 0.2) is 0 Å². The number of nitro benzene ring substituents is 1. The Morgan fingerprint density at radius 2 is 1.63 bits per heavy atom. The van der Waals surface area contributed by atoms with E-state index < -0.39 is 12.3 Å². The summed E-state index contributed by atoms with van der Waals surface area (Å²) >= 11 is 0. The normalized spacial score (nSPS) is 13.5. The van der Waals surface area contributed by atoms with Gasteiger partial charge in [-0.2, -0.15) is 0 Å². The zero-order chi connectivity index (χ0) is 13.9. The Balaban J connectivity index is 2.21. The predicted octanol–water partition coefficient (Wildman–Crippen LogP) is 3.21. The minimum atomic E-state index is -2.98. The number of rotatable bonds is 4. The van der Waals surface area contributed by atoms with E-state index in [9.17, 15) is 14.7 Å². The highest BCUT2D eigenvalue weighted by molar-refractivity contribution is 7.66. The van der Waals surface area contributed by atoms with Gasteiger partial charge in [0.05, 0.1) is 4.92 Å². The summed E-state index contributed by atoms with van der Waals surface area (Å²) in [6, 6.07) is 14.4. The van der Waals surface area contributed by atoms with Crippen LogP contribution in [0.5, 0.6) is 5.75 Å². The van der Waals surface area contributed by atoms with Gasteiger partial charge >= 0.3 is 0 Å².